The SMILES string of the molecule is Cc1cnc(-c2cc(O[C@H]3CCN(C(=O)O)C3)cc(C(=O)N[C@H](C)c3cnc(C(F)(F)F)nc3)c2)s1. The molecule has 0 unspecified atom stereocenters. The number of alkyl halides is 3. The van der Waals surface area contributed by atoms with Gasteiger partial charge in [0.2, 0.25) is 5.82 Å². The topological polar surface area (TPSA) is 118 Å². The van der Waals surface area contributed by atoms with Crippen molar-refractivity contribution in [3.63, 3.8) is 0 Å². The number of aryl methyl sites for hydroxylation is 1. The quantitative estimate of drug-likeness (QED) is 0.489. The van der Waals surface area contributed by atoms with Crippen molar-refractivity contribution in [2.75, 3.05) is 13.1 Å². The van der Waals surface area contributed by atoms with Gasteiger partial charge in [-0.05, 0) is 32.0 Å². The number of rotatable bonds is 6. The van der Waals surface area contributed by atoms with Gasteiger partial charge in [-0.2, -0.15) is 13.2 Å². The highest BCUT2D eigenvalue weighted by Gasteiger charge is 2.34. The normalized spacial score (nSPS) is 16.6. The zero-order chi connectivity index (χ0) is 26.0. The second-order valence-corrected chi connectivity index (χ2v) is 9.55. The van der Waals surface area contributed by atoms with Crippen molar-refractivity contribution in [2.24, 2.45) is 0 Å². The van der Waals surface area contributed by atoms with Crippen LogP contribution in [0.15, 0.2) is 36.8 Å². The average molecular weight is 522 g/mol. The zero-order valence-electron chi connectivity index (χ0n) is 19.2. The Labute approximate surface area is 208 Å². The molecule has 13 heteroatoms. The van der Waals surface area contributed by atoms with E-state index in [0.717, 1.165) is 17.3 Å². The maximum Gasteiger partial charge on any atom is 0.451 e. The van der Waals surface area contributed by atoms with Crippen molar-refractivity contribution in [1.29, 1.82) is 0 Å². The summed E-state index contributed by atoms with van der Waals surface area (Å²) in [6.07, 6.45) is -1.77. The lowest BCUT2D eigenvalue weighted by Crippen LogP contribution is -2.29. The van der Waals surface area contributed by atoms with Crippen molar-refractivity contribution in [1.82, 2.24) is 25.2 Å². The Morgan fingerprint density at radius 2 is 1.92 bits per heavy atom. The van der Waals surface area contributed by atoms with Crippen LogP contribution in [-0.4, -0.2) is 56.2 Å². The molecule has 1 aliphatic rings. The number of carbonyl (C=O) groups excluding carboxylic acids is 1. The van der Waals surface area contributed by atoms with Crippen LogP contribution in [0.25, 0.3) is 10.6 Å². The molecule has 190 valence electrons. The number of aromatic nitrogens is 3. The number of carboxylic acid groups (broad SMARTS) is 1. The van der Waals surface area contributed by atoms with Crippen LogP contribution in [0, 0.1) is 6.92 Å². The molecule has 0 spiro atoms. The molecule has 1 saturated heterocycles. The Balaban J connectivity index is 1.55. The van der Waals surface area contributed by atoms with Crippen LogP contribution in [0.2, 0.25) is 0 Å². The first-order valence-corrected chi connectivity index (χ1v) is 11.7. The van der Waals surface area contributed by atoms with Gasteiger partial charge in [-0.25, -0.2) is 19.7 Å². The number of halogens is 3. The second kappa shape index (κ2) is 10.1. The minimum Gasteiger partial charge on any atom is -0.488 e. The van der Waals surface area contributed by atoms with E-state index in [2.05, 4.69) is 20.3 Å². The number of likely N-dealkylation sites (tertiary alicyclic amines) is 1. The number of hydrogen-bond acceptors (Lipinski definition) is 7. The van der Waals surface area contributed by atoms with E-state index in [-0.39, 0.29) is 18.2 Å². The molecule has 9 nitrogen and oxygen atoms in total. The molecular weight excluding hydrogens is 499 g/mol. The van der Waals surface area contributed by atoms with Gasteiger partial charge in [-0.1, -0.05) is 0 Å². The molecular formula is C23H22F3N5O4S. The Morgan fingerprint density at radius 3 is 2.50 bits per heavy atom. The van der Waals surface area contributed by atoms with E-state index in [0.29, 0.717) is 34.8 Å². The number of ether oxygens (including phenoxy) is 1. The molecule has 0 aliphatic carbocycles. The van der Waals surface area contributed by atoms with E-state index in [1.165, 1.54) is 16.2 Å². The maximum absolute atomic E-state index is 13.1. The van der Waals surface area contributed by atoms with Crippen molar-refractivity contribution in [3.8, 4) is 16.3 Å². The van der Waals surface area contributed by atoms with E-state index >= 15 is 0 Å². The highest BCUT2D eigenvalue weighted by molar-refractivity contribution is 7.14. The van der Waals surface area contributed by atoms with Crippen LogP contribution in [0.3, 0.4) is 0 Å². The summed E-state index contributed by atoms with van der Waals surface area (Å²) in [7, 11) is 0. The second-order valence-electron chi connectivity index (χ2n) is 8.31. The highest BCUT2D eigenvalue weighted by atomic mass is 32.1. The molecule has 2 amide bonds. The smallest absolute Gasteiger partial charge is 0.451 e. The molecule has 1 fully saturated rings. The molecule has 4 rings (SSSR count). The van der Waals surface area contributed by atoms with E-state index in [9.17, 15) is 27.9 Å². The lowest BCUT2D eigenvalue weighted by Gasteiger charge is -2.17. The first kappa shape index (κ1) is 25.4. The summed E-state index contributed by atoms with van der Waals surface area (Å²) in [5, 5.41) is 12.6. The van der Waals surface area contributed by atoms with E-state index in [4.69, 9.17) is 4.74 Å². The summed E-state index contributed by atoms with van der Waals surface area (Å²) in [6, 6.07) is 4.26. The van der Waals surface area contributed by atoms with Gasteiger partial charge in [0.05, 0.1) is 12.6 Å². The molecule has 2 aromatic heterocycles. The number of thiazole rings is 1. The van der Waals surface area contributed by atoms with E-state index < -0.39 is 30.0 Å². The first-order chi connectivity index (χ1) is 17.0. The third kappa shape index (κ3) is 5.90. The Morgan fingerprint density at radius 1 is 1.19 bits per heavy atom. The molecule has 1 aromatic carbocycles. The largest absolute Gasteiger partial charge is 0.488 e. The molecule has 3 aromatic rings. The Hall–Kier alpha value is -3.74. The minimum absolute atomic E-state index is 0.211. The number of benzene rings is 1. The number of amides is 2. The standard InChI is InChI=1S/C23H22F3N5O4S/c1-12-8-27-20(36-12)15-5-14(6-18(7-15)35-17-3-4-31(11-17)22(33)34)19(32)30-13(2)16-9-28-21(29-10-16)23(24,25)26/h5-10,13,17H,3-4,11H2,1-2H3,(H,30,32)(H,33,34)/t13-,17+/m1/s1. The zero-order valence-corrected chi connectivity index (χ0v) is 20.1. The fraction of sp³-hybridized carbons (Fsp3) is 0.348. The van der Waals surface area contributed by atoms with Gasteiger partial charge in [-0.3, -0.25) is 4.79 Å². The number of hydrogen-bond donors (Lipinski definition) is 2. The first-order valence-electron chi connectivity index (χ1n) is 10.9. The van der Waals surface area contributed by atoms with Gasteiger partial charge in [0.15, 0.2) is 0 Å². The summed E-state index contributed by atoms with van der Waals surface area (Å²) in [5.41, 5.74) is 1.21. The molecule has 0 radical (unpaired) electrons. The third-order valence-electron chi connectivity index (χ3n) is 5.53. The van der Waals surface area contributed by atoms with Gasteiger partial charge in [0.25, 0.3) is 5.91 Å². The van der Waals surface area contributed by atoms with Crippen molar-refractivity contribution >= 4 is 23.3 Å². The number of nitrogens with one attached hydrogen (secondary N) is 1. The molecule has 2 N–H and O–H groups in total. The fourth-order valence-electron chi connectivity index (χ4n) is 3.67. The fourth-order valence-corrected chi connectivity index (χ4v) is 4.42. The summed E-state index contributed by atoms with van der Waals surface area (Å²) in [5.74, 6) is -1.36. The summed E-state index contributed by atoms with van der Waals surface area (Å²) in [4.78, 5) is 37.6. The maximum atomic E-state index is 13.1. The number of carbonyl (C=O) groups is 2. The monoisotopic (exact) mass is 521 g/mol. The third-order valence-corrected chi connectivity index (χ3v) is 6.49. The van der Waals surface area contributed by atoms with Crippen molar-refractivity contribution in [2.45, 2.75) is 38.6 Å². The predicted octanol–water partition coefficient (Wildman–Crippen LogP) is 4.55. The van der Waals surface area contributed by atoms with E-state index in [1.807, 2.05) is 6.92 Å². The van der Waals surface area contributed by atoms with E-state index in [1.54, 1.807) is 31.3 Å². The summed E-state index contributed by atoms with van der Waals surface area (Å²) in [6.45, 7) is 4.07. The van der Waals surface area contributed by atoms with Crippen LogP contribution in [-0.2, 0) is 6.18 Å². The lowest BCUT2D eigenvalue weighted by molar-refractivity contribution is -0.145. The van der Waals surface area contributed by atoms with Gasteiger partial charge in [0.1, 0.15) is 16.9 Å². The average Bonchev–Trinajstić information content (AvgIpc) is 3.47. The van der Waals surface area contributed by atoms with Crippen molar-refractivity contribution in [3.05, 3.63) is 58.6 Å². The Kier molecular flexibility index (Phi) is 7.11. The molecule has 1 aliphatic heterocycles. The molecule has 2 atom stereocenters. The van der Waals surface area contributed by atoms with Crippen LogP contribution < -0.4 is 10.1 Å². The minimum atomic E-state index is -4.66. The van der Waals surface area contributed by atoms with Gasteiger partial charge < -0.3 is 20.1 Å². The van der Waals surface area contributed by atoms with Crippen LogP contribution in [0.1, 0.15) is 46.0 Å². The summed E-state index contributed by atoms with van der Waals surface area (Å²) >= 11 is 1.44. The van der Waals surface area contributed by atoms with Gasteiger partial charge in [-0.15, -0.1) is 11.3 Å². The Bertz CT molecular complexity index is 1270. The van der Waals surface area contributed by atoms with Crippen LogP contribution >= 0.6 is 11.3 Å². The number of nitrogens with zero attached hydrogens (tertiary/aromatic N) is 4. The van der Waals surface area contributed by atoms with Crippen LogP contribution in [0.4, 0.5) is 18.0 Å². The highest BCUT2D eigenvalue weighted by Crippen LogP contribution is 2.31. The lowest BCUT2D eigenvalue weighted by atomic mass is 10.1. The van der Waals surface area contributed by atoms with Gasteiger partial charge in [0, 0.05) is 53.1 Å². The molecule has 0 bridgehead atoms. The molecule has 0 saturated carbocycles. The van der Waals surface area contributed by atoms with Gasteiger partial charge >= 0.3 is 12.3 Å². The van der Waals surface area contributed by atoms with Crippen LogP contribution in [0.5, 0.6) is 5.75 Å². The molecule has 3 heterocycles. The summed E-state index contributed by atoms with van der Waals surface area (Å²) < 4.78 is 44.2. The predicted molar refractivity (Wildman–Crippen MR) is 124 cm³/mol. The molecule has 36 heavy (non-hydrogen) atoms. The van der Waals surface area contributed by atoms with Crippen molar-refractivity contribution < 1.29 is 32.6 Å².